The molecule has 0 saturated carbocycles. The average molecular weight is 276 g/mol. The number of carbonyl (C=O) groups excluding carboxylic acids is 2. The van der Waals surface area contributed by atoms with E-state index in [-0.39, 0.29) is 12.3 Å². The van der Waals surface area contributed by atoms with Crippen LogP contribution in [0.4, 0.5) is 0 Å². The van der Waals surface area contributed by atoms with Crippen molar-refractivity contribution in [1.82, 2.24) is 10.6 Å². The van der Waals surface area contributed by atoms with Crippen molar-refractivity contribution in [2.75, 3.05) is 0 Å². The zero-order chi connectivity index (χ0) is 14.8. The molecule has 1 fully saturated rings. The molecule has 6 heteroatoms. The van der Waals surface area contributed by atoms with Crippen LogP contribution in [-0.4, -0.2) is 28.9 Å². The minimum Gasteiger partial charge on any atom is -0.479 e. The van der Waals surface area contributed by atoms with Gasteiger partial charge in [-0.2, -0.15) is 0 Å². The first-order valence-corrected chi connectivity index (χ1v) is 6.34. The van der Waals surface area contributed by atoms with Crippen LogP contribution in [0.25, 0.3) is 0 Å². The second-order valence-corrected chi connectivity index (χ2v) is 4.94. The molecule has 20 heavy (non-hydrogen) atoms. The van der Waals surface area contributed by atoms with Crippen molar-refractivity contribution in [3.8, 4) is 0 Å². The van der Waals surface area contributed by atoms with Gasteiger partial charge in [0.1, 0.15) is 6.04 Å². The average Bonchev–Trinajstić information content (AvgIpc) is 2.86. The summed E-state index contributed by atoms with van der Waals surface area (Å²) in [7, 11) is 0. The summed E-state index contributed by atoms with van der Waals surface area (Å²) in [6.45, 7) is 1.43. The van der Waals surface area contributed by atoms with Crippen LogP contribution in [0.5, 0.6) is 0 Å². The molecule has 0 aliphatic carbocycles. The third-order valence-corrected chi connectivity index (χ3v) is 3.46. The molecular weight excluding hydrogens is 260 g/mol. The fourth-order valence-corrected chi connectivity index (χ4v) is 2.16. The molecule has 2 amide bonds. The molecule has 0 bridgehead atoms. The standard InChI is InChI=1S/C14H16N2O4/c1-14(13(19)20,9-5-3-2-4-6-9)16-12(18)10-7-8-11(17)15-10/h2-6,10H,7-8H2,1H3,(H,15,17)(H,16,18)(H,19,20). The molecule has 0 aromatic heterocycles. The van der Waals surface area contributed by atoms with Gasteiger partial charge in [0, 0.05) is 6.42 Å². The van der Waals surface area contributed by atoms with E-state index in [1.807, 2.05) is 0 Å². The Morgan fingerprint density at radius 2 is 2.00 bits per heavy atom. The highest BCUT2D eigenvalue weighted by Crippen LogP contribution is 2.21. The van der Waals surface area contributed by atoms with E-state index in [0.717, 1.165) is 0 Å². The highest BCUT2D eigenvalue weighted by Gasteiger charge is 2.39. The summed E-state index contributed by atoms with van der Waals surface area (Å²) in [4.78, 5) is 34.7. The normalized spacial score (nSPS) is 20.9. The van der Waals surface area contributed by atoms with E-state index in [1.54, 1.807) is 30.3 Å². The Bertz CT molecular complexity index is 543. The van der Waals surface area contributed by atoms with Crippen molar-refractivity contribution in [2.24, 2.45) is 0 Å². The van der Waals surface area contributed by atoms with Gasteiger partial charge in [0.05, 0.1) is 0 Å². The minimum atomic E-state index is -1.52. The second-order valence-electron chi connectivity index (χ2n) is 4.94. The quantitative estimate of drug-likeness (QED) is 0.741. The van der Waals surface area contributed by atoms with E-state index in [0.29, 0.717) is 12.0 Å². The number of nitrogens with one attached hydrogen (secondary N) is 2. The van der Waals surface area contributed by atoms with Crippen LogP contribution in [0.3, 0.4) is 0 Å². The summed E-state index contributed by atoms with van der Waals surface area (Å²) in [5, 5.41) is 14.5. The van der Waals surface area contributed by atoms with Gasteiger partial charge >= 0.3 is 5.97 Å². The lowest BCUT2D eigenvalue weighted by atomic mass is 9.91. The molecule has 2 unspecified atom stereocenters. The van der Waals surface area contributed by atoms with E-state index in [4.69, 9.17) is 0 Å². The zero-order valence-electron chi connectivity index (χ0n) is 11.1. The lowest BCUT2D eigenvalue weighted by Crippen LogP contribution is -2.54. The molecule has 2 rings (SSSR count). The molecule has 0 radical (unpaired) electrons. The Kier molecular flexibility index (Phi) is 3.74. The fourth-order valence-electron chi connectivity index (χ4n) is 2.16. The Hall–Kier alpha value is -2.37. The Morgan fingerprint density at radius 1 is 1.35 bits per heavy atom. The van der Waals surface area contributed by atoms with Crippen LogP contribution in [-0.2, 0) is 19.9 Å². The van der Waals surface area contributed by atoms with Crippen molar-refractivity contribution in [1.29, 1.82) is 0 Å². The molecule has 1 aliphatic rings. The number of rotatable bonds is 4. The monoisotopic (exact) mass is 276 g/mol. The molecular formula is C14H16N2O4. The summed E-state index contributed by atoms with van der Waals surface area (Å²) >= 11 is 0. The lowest BCUT2D eigenvalue weighted by Gasteiger charge is -2.28. The third-order valence-electron chi connectivity index (χ3n) is 3.46. The van der Waals surface area contributed by atoms with Gasteiger partial charge in [0.25, 0.3) is 0 Å². The van der Waals surface area contributed by atoms with E-state index >= 15 is 0 Å². The van der Waals surface area contributed by atoms with Gasteiger partial charge in [-0.05, 0) is 18.9 Å². The van der Waals surface area contributed by atoms with Gasteiger partial charge in [-0.1, -0.05) is 30.3 Å². The molecule has 3 N–H and O–H groups in total. The van der Waals surface area contributed by atoms with Crippen LogP contribution >= 0.6 is 0 Å². The minimum absolute atomic E-state index is 0.193. The van der Waals surface area contributed by atoms with Crippen LogP contribution in [0.15, 0.2) is 30.3 Å². The molecule has 1 saturated heterocycles. The summed E-state index contributed by atoms with van der Waals surface area (Å²) in [5.41, 5.74) is -1.05. The number of hydrogen-bond donors (Lipinski definition) is 3. The van der Waals surface area contributed by atoms with Gasteiger partial charge in [-0.15, -0.1) is 0 Å². The Morgan fingerprint density at radius 3 is 2.50 bits per heavy atom. The largest absolute Gasteiger partial charge is 0.479 e. The number of aliphatic carboxylic acids is 1. The highest BCUT2D eigenvalue weighted by atomic mass is 16.4. The molecule has 1 heterocycles. The second kappa shape index (κ2) is 5.32. The van der Waals surface area contributed by atoms with Crippen LogP contribution in [0.2, 0.25) is 0 Å². The zero-order valence-corrected chi connectivity index (χ0v) is 11.1. The summed E-state index contributed by atoms with van der Waals surface area (Å²) in [6, 6.07) is 7.80. The number of carboxylic acids is 1. The van der Waals surface area contributed by atoms with Crippen molar-refractivity contribution in [2.45, 2.75) is 31.3 Å². The van der Waals surface area contributed by atoms with Crippen LogP contribution in [0, 0.1) is 0 Å². The highest BCUT2D eigenvalue weighted by molar-refractivity contribution is 5.94. The molecule has 1 aromatic rings. The van der Waals surface area contributed by atoms with Gasteiger partial charge < -0.3 is 15.7 Å². The maximum absolute atomic E-state index is 12.1. The van der Waals surface area contributed by atoms with Gasteiger partial charge in [0.2, 0.25) is 11.8 Å². The molecule has 1 aliphatic heterocycles. The summed E-state index contributed by atoms with van der Waals surface area (Å²) in [6.07, 6.45) is 0.669. The summed E-state index contributed by atoms with van der Waals surface area (Å²) in [5.74, 6) is -1.83. The molecule has 2 atom stereocenters. The summed E-state index contributed by atoms with van der Waals surface area (Å²) < 4.78 is 0. The van der Waals surface area contributed by atoms with E-state index in [2.05, 4.69) is 10.6 Å². The SMILES string of the molecule is CC(NC(=O)C1CCC(=O)N1)(C(=O)O)c1ccccc1. The van der Waals surface area contributed by atoms with E-state index in [9.17, 15) is 19.5 Å². The van der Waals surface area contributed by atoms with Crippen molar-refractivity contribution in [3.63, 3.8) is 0 Å². The molecule has 0 spiro atoms. The first-order chi connectivity index (χ1) is 9.43. The number of amides is 2. The van der Waals surface area contributed by atoms with Gasteiger partial charge in [0.15, 0.2) is 5.54 Å². The van der Waals surface area contributed by atoms with Crippen LogP contribution in [0.1, 0.15) is 25.3 Å². The lowest BCUT2D eigenvalue weighted by molar-refractivity contribution is -0.147. The predicted molar refractivity (Wildman–Crippen MR) is 70.7 cm³/mol. The van der Waals surface area contributed by atoms with E-state index < -0.39 is 23.5 Å². The van der Waals surface area contributed by atoms with Crippen molar-refractivity contribution in [3.05, 3.63) is 35.9 Å². The maximum Gasteiger partial charge on any atom is 0.333 e. The van der Waals surface area contributed by atoms with Gasteiger partial charge in [-0.3, -0.25) is 9.59 Å². The first-order valence-electron chi connectivity index (χ1n) is 6.34. The Balaban J connectivity index is 2.20. The number of benzene rings is 1. The van der Waals surface area contributed by atoms with E-state index in [1.165, 1.54) is 6.92 Å². The fraction of sp³-hybridized carbons (Fsp3) is 0.357. The first kappa shape index (κ1) is 14.0. The number of carboxylic acid groups (broad SMARTS) is 1. The molecule has 106 valence electrons. The van der Waals surface area contributed by atoms with Gasteiger partial charge in [-0.25, -0.2) is 4.79 Å². The molecule has 1 aromatic carbocycles. The Labute approximate surface area is 116 Å². The number of hydrogen-bond acceptors (Lipinski definition) is 3. The number of carbonyl (C=O) groups is 3. The smallest absolute Gasteiger partial charge is 0.333 e. The maximum atomic E-state index is 12.1. The third kappa shape index (κ3) is 2.64. The van der Waals surface area contributed by atoms with Crippen LogP contribution < -0.4 is 10.6 Å². The molecule has 6 nitrogen and oxygen atoms in total. The predicted octanol–water partition coefficient (Wildman–Crippen LogP) is 0.381. The topological polar surface area (TPSA) is 95.5 Å². The van der Waals surface area contributed by atoms with Crippen molar-refractivity contribution >= 4 is 17.8 Å². The van der Waals surface area contributed by atoms with Crippen molar-refractivity contribution < 1.29 is 19.5 Å².